The molecule has 0 saturated carbocycles. The van der Waals surface area contributed by atoms with Crippen LogP contribution >= 0.6 is 22.9 Å². The van der Waals surface area contributed by atoms with Crippen LogP contribution in [-0.2, 0) is 4.79 Å². The molecule has 5 nitrogen and oxygen atoms in total. The minimum atomic E-state index is -1.25. The van der Waals surface area contributed by atoms with E-state index in [0.29, 0.717) is 0 Å². The van der Waals surface area contributed by atoms with Crippen LogP contribution in [0.1, 0.15) is 23.3 Å². The van der Waals surface area contributed by atoms with Crippen LogP contribution in [0.25, 0.3) is 10.2 Å². The van der Waals surface area contributed by atoms with Crippen molar-refractivity contribution in [3.63, 3.8) is 0 Å². The maximum atomic E-state index is 13.6. The molecule has 0 aliphatic carbocycles. The van der Waals surface area contributed by atoms with Gasteiger partial charge in [0.2, 0.25) is 0 Å². The molecule has 140 valence electrons. The van der Waals surface area contributed by atoms with Crippen LogP contribution in [0.5, 0.6) is 0 Å². The highest BCUT2D eigenvalue weighted by Gasteiger charge is 2.21. The van der Waals surface area contributed by atoms with Crippen LogP contribution in [0.4, 0.5) is 13.2 Å². The molecule has 0 radical (unpaired) electrons. The van der Waals surface area contributed by atoms with Crippen LogP contribution in [0.3, 0.4) is 0 Å². The van der Waals surface area contributed by atoms with Crippen LogP contribution < -0.4 is 4.80 Å². The summed E-state index contributed by atoms with van der Waals surface area (Å²) in [5.41, 5.74) is 0.0585. The molecule has 1 atom stereocenters. The number of hydrogen-bond acceptors (Lipinski definition) is 3. The van der Waals surface area contributed by atoms with Crippen molar-refractivity contribution in [2.45, 2.75) is 13.0 Å². The minimum Gasteiger partial charge on any atom is -0.480 e. The molecule has 1 unspecified atom stereocenters. The number of carboxylic acids is 1. The molecule has 27 heavy (non-hydrogen) atoms. The third-order valence-corrected chi connectivity index (χ3v) is 5.08. The van der Waals surface area contributed by atoms with E-state index >= 15 is 0 Å². The number of thiazole rings is 1. The van der Waals surface area contributed by atoms with Gasteiger partial charge >= 0.3 is 5.97 Å². The van der Waals surface area contributed by atoms with E-state index in [2.05, 4.69) is 4.99 Å². The Bertz CT molecular complexity index is 1160. The summed E-state index contributed by atoms with van der Waals surface area (Å²) in [5.74, 6) is -5.04. The first-order valence-corrected chi connectivity index (χ1v) is 8.65. The normalized spacial score (nSPS) is 13.1. The topological polar surface area (TPSA) is 71.7 Å². The van der Waals surface area contributed by atoms with Crippen molar-refractivity contribution in [2.75, 3.05) is 0 Å². The number of rotatable bonds is 3. The summed E-state index contributed by atoms with van der Waals surface area (Å²) < 4.78 is 41.7. The molecule has 0 aliphatic rings. The van der Waals surface area contributed by atoms with E-state index in [1.54, 1.807) is 0 Å². The summed E-state index contributed by atoms with van der Waals surface area (Å²) >= 11 is 6.47. The van der Waals surface area contributed by atoms with Crippen molar-refractivity contribution >= 4 is 45.0 Å². The fourth-order valence-corrected chi connectivity index (χ4v) is 3.67. The first-order valence-electron chi connectivity index (χ1n) is 7.46. The lowest BCUT2D eigenvalue weighted by molar-refractivity contribution is -0.140. The molecule has 3 rings (SSSR count). The fourth-order valence-electron chi connectivity index (χ4n) is 2.38. The van der Waals surface area contributed by atoms with Crippen LogP contribution in [-0.4, -0.2) is 21.6 Å². The van der Waals surface area contributed by atoms with Gasteiger partial charge in [0.25, 0.3) is 5.91 Å². The van der Waals surface area contributed by atoms with E-state index in [9.17, 15) is 27.9 Å². The van der Waals surface area contributed by atoms with Crippen LogP contribution in [0.2, 0.25) is 5.02 Å². The zero-order chi connectivity index (χ0) is 19.9. The van der Waals surface area contributed by atoms with Crippen LogP contribution in [0.15, 0.2) is 35.3 Å². The fraction of sp³-hybridized carbons (Fsp3) is 0.118. The monoisotopic (exact) mass is 414 g/mol. The number of hydrogen-bond donors (Lipinski definition) is 1. The summed E-state index contributed by atoms with van der Waals surface area (Å²) in [6.45, 7) is 1.31. The lowest BCUT2D eigenvalue weighted by Crippen LogP contribution is -2.25. The Balaban J connectivity index is 2.24. The number of amides is 1. The van der Waals surface area contributed by atoms with E-state index in [1.807, 2.05) is 0 Å². The number of aromatic nitrogens is 1. The third-order valence-electron chi connectivity index (χ3n) is 3.78. The molecule has 3 aromatic rings. The SMILES string of the molecule is CC(C(=O)O)n1/c(=N/C(=O)c2ccc(F)c(Cl)c2)sc2cc(F)c(F)cc21. The van der Waals surface area contributed by atoms with Gasteiger partial charge in [0, 0.05) is 11.6 Å². The number of halogens is 4. The third kappa shape index (κ3) is 3.60. The summed E-state index contributed by atoms with van der Waals surface area (Å²) in [6, 6.07) is 3.80. The first-order chi connectivity index (χ1) is 12.7. The highest BCUT2D eigenvalue weighted by molar-refractivity contribution is 7.16. The van der Waals surface area contributed by atoms with Gasteiger partial charge in [-0.15, -0.1) is 0 Å². The number of carbonyl (C=O) groups excluding carboxylic acids is 1. The zero-order valence-electron chi connectivity index (χ0n) is 13.5. The van der Waals surface area contributed by atoms with E-state index in [0.717, 1.165) is 40.2 Å². The molecule has 10 heteroatoms. The predicted molar refractivity (Wildman–Crippen MR) is 93.4 cm³/mol. The number of aliphatic carboxylic acids is 1. The Morgan fingerprint density at radius 2 is 1.81 bits per heavy atom. The van der Waals surface area contributed by atoms with Gasteiger partial charge < -0.3 is 9.67 Å². The van der Waals surface area contributed by atoms with Gasteiger partial charge in [-0.2, -0.15) is 4.99 Å². The molecular formula is C17H10ClF3N2O3S. The Labute approximate surface area is 159 Å². The first kappa shape index (κ1) is 19.1. The number of benzene rings is 2. The highest BCUT2D eigenvalue weighted by atomic mass is 35.5. The van der Waals surface area contributed by atoms with Gasteiger partial charge in [-0.3, -0.25) is 4.79 Å². The van der Waals surface area contributed by atoms with E-state index < -0.39 is 35.4 Å². The van der Waals surface area contributed by atoms with E-state index in [-0.39, 0.29) is 25.6 Å². The van der Waals surface area contributed by atoms with Crippen molar-refractivity contribution in [2.24, 2.45) is 4.99 Å². The van der Waals surface area contributed by atoms with Gasteiger partial charge in [0.1, 0.15) is 11.9 Å². The standard InChI is InChI=1S/C17H10ClF3N2O3S/c1-7(16(25)26)23-13-5-11(20)12(21)6-14(13)27-17(23)22-15(24)8-2-3-10(19)9(18)4-8/h2-7H,1H3,(H,25,26)/b22-17-. The van der Waals surface area contributed by atoms with E-state index in [1.165, 1.54) is 13.0 Å². The summed E-state index contributed by atoms with van der Waals surface area (Å²) in [5, 5.41) is 9.04. The molecule has 0 saturated heterocycles. The molecule has 2 aromatic carbocycles. The van der Waals surface area contributed by atoms with Gasteiger partial charge in [-0.05, 0) is 31.2 Å². The second kappa shape index (κ2) is 7.16. The molecule has 0 aliphatic heterocycles. The number of nitrogens with zero attached hydrogens (tertiary/aromatic N) is 2. The number of fused-ring (bicyclic) bond motifs is 1. The van der Waals surface area contributed by atoms with Crippen molar-refractivity contribution in [3.05, 3.63) is 63.2 Å². The molecule has 0 fully saturated rings. The average Bonchev–Trinajstić information content (AvgIpc) is 2.93. The molecule has 0 spiro atoms. The lowest BCUT2D eigenvalue weighted by atomic mass is 10.2. The maximum Gasteiger partial charge on any atom is 0.326 e. The molecular weight excluding hydrogens is 405 g/mol. The van der Waals surface area contributed by atoms with E-state index in [4.69, 9.17) is 11.6 Å². The van der Waals surface area contributed by atoms with Crippen molar-refractivity contribution in [1.82, 2.24) is 4.57 Å². The van der Waals surface area contributed by atoms with Crippen molar-refractivity contribution in [3.8, 4) is 0 Å². The smallest absolute Gasteiger partial charge is 0.326 e. The highest BCUT2D eigenvalue weighted by Crippen LogP contribution is 2.24. The maximum absolute atomic E-state index is 13.6. The summed E-state index contributed by atoms with van der Waals surface area (Å²) in [6.07, 6.45) is 0. The summed E-state index contributed by atoms with van der Waals surface area (Å²) in [7, 11) is 0. The summed E-state index contributed by atoms with van der Waals surface area (Å²) in [4.78, 5) is 27.6. The Morgan fingerprint density at radius 3 is 2.44 bits per heavy atom. The Morgan fingerprint density at radius 1 is 1.15 bits per heavy atom. The molecule has 1 heterocycles. The molecule has 1 aromatic heterocycles. The predicted octanol–water partition coefficient (Wildman–Crippen LogP) is 4.16. The quantitative estimate of drug-likeness (QED) is 0.699. The lowest BCUT2D eigenvalue weighted by Gasteiger charge is -2.10. The van der Waals surface area contributed by atoms with Gasteiger partial charge in [-0.1, -0.05) is 22.9 Å². The average molecular weight is 415 g/mol. The Hall–Kier alpha value is -2.65. The zero-order valence-corrected chi connectivity index (χ0v) is 15.1. The number of carboxylic acid groups (broad SMARTS) is 1. The largest absolute Gasteiger partial charge is 0.480 e. The number of carbonyl (C=O) groups is 2. The van der Waals surface area contributed by atoms with Crippen molar-refractivity contribution in [1.29, 1.82) is 0 Å². The van der Waals surface area contributed by atoms with Gasteiger partial charge in [0.15, 0.2) is 16.4 Å². The van der Waals surface area contributed by atoms with Crippen LogP contribution in [0, 0.1) is 17.5 Å². The van der Waals surface area contributed by atoms with Gasteiger partial charge in [-0.25, -0.2) is 18.0 Å². The molecule has 0 bridgehead atoms. The van der Waals surface area contributed by atoms with Gasteiger partial charge in [0.05, 0.1) is 15.2 Å². The van der Waals surface area contributed by atoms with Crippen molar-refractivity contribution < 1.29 is 27.9 Å². The molecule has 1 N–H and O–H groups in total. The second-order valence-electron chi connectivity index (χ2n) is 5.55. The minimum absolute atomic E-state index is 0.0225. The second-order valence-corrected chi connectivity index (χ2v) is 6.97. The Kier molecular flexibility index (Phi) is 5.07. The molecule has 1 amide bonds.